The molecule has 1 atom stereocenters. The number of carbonyl (C=O) groups excluding carboxylic acids is 1. The van der Waals surface area contributed by atoms with Gasteiger partial charge < -0.3 is 10.2 Å². The summed E-state index contributed by atoms with van der Waals surface area (Å²) in [5.41, 5.74) is 0. The molecular formula is C12H23ClN2O. The van der Waals surface area contributed by atoms with Gasteiger partial charge in [0.15, 0.2) is 0 Å². The largest absolute Gasteiger partial charge is 0.353 e. The van der Waals surface area contributed by atoms with Crippen LogP contribution in [0.5, 0.6) is 0 Å². The van der Waals surface area contributed by atoms with Gasteiger partial charge in [-0.2, -0.15) is 0 Å². The molecule has 1 unspecified atom stereocenters. The van der Waals surface area contributed by atoms with Crippen LogP contribution in [0.4, 0.5) is 0 Å². The van der Waals surface area contributed by atoms with Crippen LogP contribution in [0, 0.1) is 5.92 Å². The summed E-state index contributed by atoms with van der Waals surface area (Å²) in [6.45, 7) is 7.46. The van der Waals surface area contributed by atoms with Crippen LogP contribution in [0.3, 0.4) is 0 Å². The highest BCUT2D eigenvalue weighted by Crippen LogP contribution is 2.11. The van der Waals surface area contributed by atoms with Crippen molar-refractivity contribution in [3.8, 4) is 0 Å². The summed E-state index contributed by atoms with van der Waals surface area (Å²) < 4.78 is 0. The minimum atomic E-state index is -0.0738. The van der Waals surface area contributed by atoms with E-state index >= 15 is 0 Å². The third-order valence-electron chi connectivity index (χ3n) is 3.15. The lowest BCUT2D eigenvalue weighted by Gasteiger charge is -2.32. The van der Waals surface area contributed by atoms with Crippen LogP contribution in [0.25, 0.3) is 0 Å². The Bertz CT molecular complexity index is 215. The van der Waals surface area contributed by atoms with Gasteiger partial charge in [-0.25, -0.2) is 0 Å². The number of carbonyl (C=O) groups is 1. The van der Waals surface area contributed by atoms with Gasteiger partial charge in [0.2, 0.25) is 5.91 Å². The van der Waals surface area contributed by atoms with Crippen LogP contribution in [-0.4, -0.2) is 42.4 Å². The van der Waals surface area contributed by atoms with Gasteiger partial charge in [0.25, 0.3) is 0 Å². The number of rotatable bonds is 5. The van der Waals surface area contributed by atoms with Crippen molar-refractivity contribution in [1.29, 1.82) is 0 Å². The maximum atomic E-state index is 11.6. The number of nitrogens with one attached hydrogen (secondary N) is 1. The fourth-order valence-electron chi connectivity index (χ4n) is 2.03. The lowest BCUT2D eigenvalue weighted by atomic mass is 10.0. The van der Waals surface area contributed by atoms with Crippen molar-refractivity contribution in [2.75, 3.05) is 25.5 Å². The molecule has 1 aliphatic rings. The van der Waals surface area contributed by atoms with Crippen LogP contribution < -0.4 is 5.32 Å². The summed E-state index contributed by atoms with van der Waals surface area (Å²) in [6, 6.07) is 0.353. The smallest absolute Gasteiger partial charge is 0.224 e. The molecule has 0 radical (unpaired) electrons. The lowest BCUT2D eigenvalue weighted by molar-refractivity contribution is -0.124. The second-order valence-corrected chi connectivity index (χ2v) is 4.99. The Morgan fingerprint density at radius 3 is 2.62 bits per heavy atom. The average Bonchev–Trinajstić information content (AvgIpc) is 2.31. The summed E-state index contributed by atoms with van der Waals surface area (Å²) >= 11 is 5.66. The number of piperidine rings is 1. The highest BCUT2D eigenvalue weighted by Gasteiger charge is 2.21. The molecule has 0 spiro atoms. The highest BCUT2D eigenvalue weighted by atomic mass is 35.5. The SMILES string of the molecule is CCCN1CCC(NC(=O)C(C)CCl)CC1. The van der Waals surface area contributed by atoms with Crippen LogP contribution >= 0.6 is 11.6 Å². The van der Waals surface area contributed by atoms with Gasteiger partial charge in [-0.05, 0) is 25.8 Å². The molecule has 3 nitrogen and oxygen atoms in total. The van der Waals surface area contributed by atoms with Gasteiger partial charge in [0.1, 0.15) is 0 Å². The summed E-state index contributed by atoms with van der Waals surface area (Å²) in [7, 11) is 0. The summed E-state index contributed by atoms with van der Waals surface area (Å²) in [6.07, 6.45) is 3.35. The zero-order valence-corrected chi connectivity index (χ0v) is 11.1. The van der Waals surface area contributed by atoms with Gasteiger partial charge in [-0.1, -0.05) is 13.8 Å². The van der Waals surface area contributed by atoms with E-state index in [9.17, 15) is 4.79 Å². The minimum Gasteiger partial charge on any atom is -0.353 e. The molecule has 1 heterocycles. The first-order valence-electron chi connectivity index (χ1n) is 6.26. The topological polar surface area (TPSA) is 32.3 Å². The Morgan fingerprint density at radius 2 is 2.12 bits per heavy atom. The Labute approximate surface area is 104 Å². The molecule has 94 valence electrons. The zero-order chi connectivity index (χ0) is 12.0. The molecule has 4 heteroatoms. The van der Waals surface area contributed by atoms with E-state index in [1.165, 1.54) is 13.0 Å². The Morgan fingerprint density at radius 1 is 1.50 bits per heavy atom. The van der Waals surface area contributed by atoms with E-state index in [0.29, 0.717) is 11.9 Å². The van der Waals surface area contributed by atoms with E-state index in [1.807, 2.05) is 6.92 Å². The zero-order valence-electron chi connectivity index (χ0n) is 10.3. The van der Waals surface area contributed by atoms with Crippen molar-refractivity contribution in [2.45, 2.75) is 39.2 Å². The Hall–Kier alpha value is -0.280. The monoisotopic (exact) mass is 246 g/mol. The van der Waals surface area contributed by atoms with Gasteiger partial charge in [-0.15, -0.1) is 11.6 Å². The normalized spacial score (nSPS) is 20.7. The minimum absolute atomic E-state index is 0.0738. The standard InChI is InChI=1S/C12H23ClN2O/c1-3-6-15-7-4-11(5-8-15)14-12(16)10(2)9-13/h10-11H,3-9H2,1-2H3,(H,14,16). The van der Waals surface area contributed by atoms with E-state index in [1.54, 1.807) is 0 Å². The molecule has 1 N–H and O–H groups in total. The van der Waals surface area contributed by atoms with Crippen LogP contribution in [-0.2, 0) is 4.79 Å². The van der Waals surface area contributed by atoms with Gasteiger partial charge in [-0.3, -0.25) is 4.79 Å². The molecule has 0 bridgehead atoms. The van der Waals surface area contributed by atoms with Crippen molar-refractivity contribution >= 4 is 17.5 Å². The van der Waals surface area contributed by atoms with Gasteiger partial charge >= 0.3 is 0 Å². The van der Waals surface area contributed by atoms with Crippen molar-refractivity contribution in [2.24, 2.45) is 5.92 Å². The molecule has 1 aliphatic heterocycles. The molecule has 0 aromatic heterocycles. The van der Waals surface area contributed by atoms with E-state index in [0.717, 1.165) is 25.9 Å². The van der Waals surface area contributed by atoms with Crippen molar-refractivity contribution in [3.05, 3.63) is 0 Å². The number of halogens is 1. The summed E-state index contributed by atoms with van der Waals surface area (Å²) in [4.78, 5) is 14.1. The van der Waals surface area contributed by atoms with E-state index in [2.05, 4.69) is 17.1 Å². The van der Waals surface area contributed by atoms with Crippen LogP contribution in [0.2, 0.25) is 0 Å². The lowest BCUT2D eigenvalue weighted by Crippen LogP contribution is -2.46. The predicted molar refractivity (Wildman–Crippen MR) is 67.8 cm³/mol. The molecule has 1 saturated heterocycles. The number of amides is 1. The number of hydrogen-bond acceptors (Lipinski definition) is 2. The molecular weight excluding hydrogens is 224 g/mol. The van der Waals surface area contributed by atoms with Gasteiger partial charge in [0, 0.05) is 30.9 Å². The number of alkyl halides is 1. The predicted octanol–water partition coefficient (Wildman–Crippen LogP) is 1.85. The first-order valence-corrected chi connectivity index (χ1v) is 6.79. The Kier molecular flexibility index (Phi) is 6.14. The third-order valence-corrected chi connectivity index (χ3v) is 3.62. The van der Waals surface area contributed by atoms with Crippen molar-refractivity contribution in [1.82, 2.24) is 10.2 Å². The number of hydrogen-bond donors (Lipinski definition) is 1. The first kappa shape index (κ1) is 13.8. The second kappa shape index (κ2) is 7.13. The highest BCUT2D eigenvalue weighted by molar-refractivity contribution is 6.19. The van der Waals surface area contributed by atoms with E-state index in [-0.39, 0.29) is 11.8 Å². The van der Waals surface area contributed by atoms with Crippen LogP contribution in [0.1, 0.15) is 33.1 Å². The van der Waals surface area contributed by atoms with E-state index in [4.69, 9.17) is 11.6 Å². The maximum Gasteiger partial charge on any atom is 0.224 e. The Balaban J connectivity index is 2.24. The van der Waals surface area contributed by atoms with E-state index < -0.39 is 0 Å². The molecule has 1 rings (SSSR count). The third kappa shape index (κ3) is 4.30. The molecule has 0 aliphatic carbocycles. The second-order valence-electron chi connectivity index (χ2n) is 4.68. The average molecular weight is 247 g/mol. The molecule has 1 fully saturated rings. The quantitative estimate of drug-likeness (QED) is 0.751. The molecule has 0 aromatic rings. The molecule has 0 aromatic carbocycles. The van der Waals surface area contributed by atoms with Crippen molar-refractivity contribution < 1.29 is 4.79 Å². The fraction of sp³-hybridized carbons (Fsp3) is 0.917. The van der Waals surface area contributed by atoms with Gasteiger partial charge in [0.05, 0.1) is 0 Å². The van der Waals surface area contributed by atoms with Crippen LogP contribution in [0.15, 0.2) is 0 Å². The fourth-order valence-corrected chi connectivity index (χ4v) is 2.17. The molecule has 16 heavy (non-hydrogen) atoms. The first-order chi connectivity index (χ1) is 7.67. The molecule has 0 saturated carbocycles. The number of likely N-dealkylation sites (tertiary alicyclic amines) is 1. The summed E-state index contributed by atoms with van der Waals surface area (Å²) in [5, 5.41) is 3.08. The number of nitrogens with zero attached hydrogens (tertiary/aromatic N) is 1. The van der Waals surface area contributed by atoms with Crippen molar-refractivity contribution in [3.63, 3.8) is 0 Å². The molecule has 1 amide bonds. The maximum absolute atomic E-state index is 11.6. The summed E-state index contributed by atoms with van der Waals surface area (Å²) in [5.74, 6) is 0.430.